The Morgan fingerprint density at radius 2 is 2.04 bits per heavy atom. The van der Waals surface area contributed by atoms with E-state index in [0.29, 0.717) is 12.1 Å². The van der Waals surface area contributed by atoms with Crippen molar-refractivity contribution in [3.8, 4) is 0 Å². The molecule has 2 aromatic rings. The minimum absolute atomic E-state index is 0.0412. The van der Waals surface area contributed by atoms with E-state index < -0.39 is 0 Å². The molecule has 1 amide bonds. The number of benzene rings is 2. The molecule has 0 aromatic heterocycles. The predicted molar refractivity (Wildman–Crippen MR) is 96.3 cm³/mol. The third-order valence-corrected chi connectivity index (χ3v) is 4.33. The number of carbonyl (C=O) groups excluding carboxylic acids is 1. The van der Waals surface area contributed by atoms with Crippen molar-refractivity contribution in [2.24, 2.45) is 0 Å². The smallest absolute Gasteiger partial charge is 0.251 e. The molecule has 1 saturated heterocycles. The zero-order valence-corrected chi connectivity index (χ0v) is 14.1. The van der Waals surface area contributed by atoms with Gasteiger partial charge in [-0.25, -0.2) is 0 Å². The molecule has 4 heteroatoms. The van der Waals surface area contributed by atoms with E-state index in [2.05, 4.69) is 22.3 Å². The standard InChI is InChI=1S/C20H24N2O2/c1-22(15-16-7-3-2-4-8-16)18-10-5-9-17(13-18)20(23)21-14-19-11-6-12-24-19/h2-5,7-10,13,19H,6,11-12,14-15H2,1H3,(H,21,23). The van der Waals surface area contributed by atoms with Gasteiger partial charge in [0.25, 0.3) is 5.91 Å². The number of ether oxygens (including phenoxy) is 1. The summed E-state index contributed by atoms with van der Waals surface area (Å²) in [6, 6.07) is 18.1. The van der Waals surface area contributed by atoms with Crippen LogP contribution in [0, 0.1) is 0 Å². The van der Waals surface area contributed by atoms with Crippen LogP contribution < -0.4 is 10.2 Å². The average molecular weight is 324 g/mol. The summed E-state index contributed by atoms with van der Waals surface area (Å²) in [6.07, 6.45) is 2.28. The fourth-order valence-electron chi connectivity index (χ4n) is 2.95. The maximum absolute atomic E-state index is 12.3. The van der Waals surface area contributed by atoms with E-state index in [9.17, 15) is 4.79 Å². The van der Waals surface area contributed by atoms with Gasteiger partial charge in [-0.1, -0.05) is 36.4 Å². The van der Waals surface area contributed by atoms with E-state index >= 15 is 0 Å². The Morgan fingerprint density at radius 3 is 2.79 bits per heavy atom. The van der Waals surface area contributed by atoms with Gasteiger partial charge in [0.05, 0.1) is 6.10 Å². The maximum atomic E-state index is 12.3. The monoisotopic (exact) mass is 324 g/mol. The predicted octanol–water partition coefficient (Wildman–Crippen LogP) is 3.23. The van der Waals surface area contributed by atoms with Crippen molar-refractivity contribution in [2.45, 2.75) is 25.5 Å². The van der Waals surface area contributed by atoms with Gasteiger partial charge < -0.3 is 15.0 Å². The molecular formula is C20H24N2O2. The Balaban J connectivity index is 1.61. The number of hydrogen-bond donors (Lipinski definition) is 1. The highest BCUT2D eigenvalue weighted by molar-refractivity contribution is 5.95. The van der Waals surface area contributed by atoms with Crippen molar-refractivity contribution in [3.63, 3.8) is 0 Å². The van der Waals surface area contributed by atoms with E-state index in [1.54, 1.807) is 0 Å². The highest BCUT2D eigenvalue weighted by Gasteiger charge is 2.17. The lowest BCUT2D eigenvalue weighted by atomic mass is 10.1. The molecule has 24 heavy (non-hydrogen) atoms. The summed E-state index contributed by atoms with van der Waals surface area (Å²) >= 11 is 0. The van der Waals surface area contributed by atoms with Crippen LogP contribution in [0.15, 0.2) is 54.6 Å². The summed E-state index contributed by atoms with van der Waals surface area (Å²) in [6.45, 7) is 2.20. The molecule has 2 aromatic carbocycles. The first-order valence-corrected chi connectivity index (χ1v) is 8.47. The fourth-order valence-corrected chi connectivity index (χ4v) is 2.95. The van der Waals surface area contributed by atoms with Crippen LogP contribution >= 0.6 is 0 Å². The van der Waals surface area contributed by atoms with Gasteiger partial charge in [0, 0.05) is 38.0 Å². The molecule has 1 unspecified atom stereocenters. The molecule has 1 atom stereocenters. The Kier molecular flexibility index (Phi) is 5.49. The first-order valence-electron chi connectivity index (χ1n) is 8.47. The molecule has 0 spiro atoms. The van der Waals surface area contributed by atoms with Gasteiger partial charge in [-0.3, -0.25) is 4.79 Å². The Hall–Kier alpha value is -2.33. The van der Waals surface area contributed by atoms with Crippen LogP contribution in [0.2, 0.25) is 0 Å². The summed E-state index contributed by atoms with van der Waals surface area (Å²) in [5.74, 6) is -0.0412. The summed E-state index contributed by atoms with van der Waals surface area (Å²) < 4.78 is 5.54. The van der Waals surface area contributed by atoms with Crippen LogP contribution in [0.5, 0.6) is 0 Å². The Bertz CT molecular complexity index is 666. The van der Waals surface area contributed by atoms with E-state index in [-0.39, 0.29) is 12.0 Å². The Morgan fingerprint density at radius 1 is 1.21 bits per heavy atom. The molecule has 1 fully saturated rings. The van der Waals surface area contributed by atoms with Crippen LogP contribution in [-0.2, 0) is 11.3 Å². The van der Waals surface area contributed by atoms with Crippen molar-refractivity contribution in [1.29, 1.82) is 0 Å². The lowest BCUT2D eigenvalue weighted by molar-refractivity contribution is 0.0858. The van der Waals surface area contributed by atoms with Crippen LogP contribution in [0.1, 0.15) is 28.8 Å². The fraction of sp³-hybridized carbons (Fsp3) is 0.350. The zero-order valence-electron chi connectivity index (χ0n) is 14.1. The van der Waals surface area contributed by atoms with Crippen LogP contribution in [0.3, 0.4) is 0 Å². The van der Waals surface area contributed by atoms with Crippen molar-refractivity contribution in [3.05, 3.63) is 65.7 Å². The highest BCUT2D eigenvalue weighted by Crippen LogP contribution is 2.18. The highest BCUT2D eigenvalue weighted by atomic mass is 16.5. The summed E-state index contributed by atoms with van der Waals surface area (Å²) in [5, 5.41) is 2.97. The molecule has 0 aliphatic carbocycles. The first kappa shape index (κ1) is 16.5. The summed E-state index contributed by atoms with van der Waals surface area (Å²) in [4.78, 5) is 14.5. The van der Waals surface area contributed by atoms with E-state index in [1.165, 1.54) is 5.56 Å². The first-order chi connectivity index (χ1) is 11.7. The van der Waals surface area contributed by atoms with E-state index in [0.717, 1.165) is 31.7 Å². The van der Waals surface area contributed by atoms with Gasteiger partial charge in [0.2, 0.25) is 0 Å². The molecule has 1 N–H and O–H groups in total. The van der Waals surface area contributed by atoms with Gasteiger partial charge in [0.15, 0.2) is 0 Å². The normalized spacial score (nSPS) is 16.8. The molecule has 0 radical (unpaired) electrons. The number of carbonyl (C=O) groups is 1. The van der Waals surface area contributed by atoms with Gasteiger partial charge in [-0.2, -0.15) is 0 Å². The van der Waals surface area contributed by atoms with Gasteiger partial charge in [-0.05, 0) is 36.6 Å². The van der Waals surface area contributed by atoms with Crippen LogP contribution in [0.25, 0.3) is 0 Å². The SMILES string of the molecule is CN(Cc1ccccc1)c1cccc(C(=O)NCC2CCCO2)c1. The number of amides is 1. The van der Waals surface area contributed by atoms with E-state index in [4.69, 9.17) is 4.74 Å². The summed E-state index contributed by atoms with van der Waals surface area (Å²) in [7, 11) is 2.04. The molecule has 0 bridgehead atoms. The molecular weight excluding hydrogens is 300 g/mol. The number of rotatable bonds is 6. The molecule has 0 saturated carbocycles. The number of hydrogen-bond acceptors (Lipinski definition) is 3. The largest absolute Gasteiger partial charge is 0.376 e. The zero-order chi connectivity index (χ0) is 16.8. The third kappa shape index (κ3) is 4.36. The maximum Gasteiger partial charge on any atom is 0.251 e. The van der Waals surface area contributed by atoms with Gasteiger partial charge >= 0.3 is 0 Å². The van der Waals surface area contributed by atoms with Gasteiger partial charge in [0.1, 0.15) is 0 Å². The molecule has 4 nitrogen and oxygen atoms in total. The number of anilines is 1. The molecule has 1 aliphatic heterocycles. The lowest BCUT2D eigenvalue weighted by Gasteiger charge is -2.20. The minimum Gasteiger partial charge on any atom is -0.376 e. The van der Waals surface area contributed by atoms with Crippen molar-refractivity contribution >= 4 is 11.6 Å². The van der Waals surface area contributed by atoms with Crippen molar-refractivity contribution < 1.29 is 9.53 Å². The molecule has 1 heterocycles. The molecule has 126 valence electrons. The van der Waals surface area contributed by atoms with Gasteiger partial charge in [-0.15, -0.1) is 0 Å². The number of nitrogens with zero attached hydrogens (tertiary/aromatic N) is 1. The van der Waals surface area contributed by atoms with E-state index in [1.807, 2.05) is 49.5 Å². The quantitative estimate of drug-likeness (QED) is 0.887. The topological polar surface area (TPSA) is 41.6 Å². The Labute approximate surface area is 143 Å². The second-order valence-corrected chi connectivity index (χ2v) is 6.24. The van der Waals surface area contributed by atoms with Crippen LogP contribution in [-0.4, -0.2) is 32.2 Å². The number of nitrogens with one attached hydrogen (secondary N) is 1. The summed E-state index contributed by atoms with van der Waals surface area (Å²) in [5.41, 5.74) is 2.96. The second-order valence-electron chi connectivity index (χ2n) is 6.24. The minimum atomic E-state index is -0.0412. The van der Waals surface area contributed by atoms with Crippen molar-refractivity contribution in [2.75, 3.05) is 25.1 Å². The second kappa shape index (κ2) is 7.97. The third-order valence-electron chi connectivity index (χ3n) is 4.33. The molecule has 3 rings (SSSR count). The van der Waals surface area contributed by atoms with Crippen LogP contribution in [0.4, 0.5) is 5.69 Å². The molecule has 1 aliphatic rings. The lowest BCUT2D eigenvalue weighted by Crippen LogP contribution is -2.31. The average Bonchev–Trinajstić information content (AvgIpc) is 3.14. The van der Waals surface area contributed by atoms with Crippen molar-refractivity contribution in [1.82, 2.24) is 5.32 Å².